The van der Waals surface area contributed by atoms with Gasteiger partial charge in [0.05, 0.1) is 12.2 Å². The van der Waals surface area contributed by atoms with E-state index >= 15 is 0 Å². The number of anilines is 1. The van der Waals surface area contributed by atoms with Crippen LogP contribution in [0.2, 0.25) is 0 Å². The van der Waals surface area contributed by atoms with Gasteiger partial charge in [0.15, 0.2) is 5.13 Å². The van der Waals surface area contributed by atoms with Crippen molar-refractivity contribution in [2.45, 2.75) is 63.9 Å². The van der Waals surface area contributed by atoms with Crippen LogP contribution in [0.5, 0.6) is 0 Å². The van der Waals surface area contributed by atoms with Gasteiger partial charge in [0.1, 0.15) is 5.60 Å². The van der Waals surface area contributed by atoms with Crippen molar-refractivity contribution in [3.8, 4) is 0 Å². The maximum atomic E-state index is 13.1. The summed E-state index contributed by atoms with van der Waals surface area (Å²) in [5, 5.41) is 11.9. The van der Waals surface area contributed by atoms with Gasteiger partial charge in [0.25, 0.3) is 0 Å². The van der Waals surface area contributed by atoms with Gasteiger partial charge in [-0.05, 0) is 57.7 Å². The Bertz CT molecular complexity index is 792. The molecule has 0 aliphatic carbocycles. The van der Waals surface area contributed by atoms with Crippen LogP contribution < -0.4 is 4.90 Å². The predicted octanol–water partition coefficient (Wildman–Crippen LogP) is 5.32. The first-order valence-electron chi connectivity index (χ1n) is 9.70. The van der Waals surface area contributed by atoms with E-state index in [0.717, 1.165) is 10.0 Å². The number of rotatable bonds is 5. The third kappa shape index (κ3) is 6.01. The lowest BCUT2D eigenvalue weighted by molar-refractivity contribution is -0.0679. The van der Waals surface area contributed by atoms with Crippen molar-refractivity contribution in [3.05, 3.63) is 45.9 Å². The second-order valence-corrected chi connectivity index (χ2v) is 9.89. The van der Waals surface area contributed by atoms with E-state index in [2.05, 4.69) is 20.9 Å². The zero-order valence-corrected chi connectivity index (χ0v) is 19.3. The van der Waals surface area contributed by atoms with Gasteiger partial charge in [-0.2, -0.15) is 0 Å². The molecule has 8 heteroatoms. The van der Waals surface area contributed by atoms with Crippen molar-refractivity contribution >= 4 is 38.5 Å². The summed E-state index contributed by atoms with van der Waals surface area (Å²) in [6.07, 6.45) is 2.71. The Morgan fingerprint density at radius 3 is 2.66 bits per heavy atom. The standard InChI is InChI=1S/C21H27BrN2O4S/c1-21(2,3)28-20(26)24(19-23-9-11-29-19)16-12-17(8-10-25)27-18(13-16)14-4-6-15(22)7-5-14/h4-7,9,11,16-18,25H,8,10,12-13H2,1-3H3/t16-,17+,18-/m0/s1. The molecular formula is C21H27BrN2O4S. The molecule has 1 saturated heterocycles. The highest BCUT2D eigenvalue weighted by Gasteiger charge is 2.38. The minimum atomic E-state index is -0.604. The fourth-order valence-electron chi connectivity index (χ4n) is 3.45. The minimum absolute atomic E-state index is 0.0358. The van der Waals surface area contributed by atoms with E-state index in [1.54, 1.807) is 11.1 Å². The number of thiazole rings is 1. The number of aliphatic hydroxyl groups excluding tert-OH is 1. The summed E-state index contributed by atoms with van der Waals surface area (Å²) in [5.41, 5.74) is 0.442. The summed E-state index contributed by atoms with van der Waals surface area (Å²) < 4.78 is 12.9. The molecule has 0 saturated carbocycles. The molecule has 158 valence electrons. The molecule has 1 aliphatic heterocycles. The third-order valence-corrected chi connectivity index (χ3v) is 5.95. The normalized spacial score (nSPS) is 22.3. The van der Waals surface area contributed by atoms with Gasteiger partial charge >= 0.3 is 6.09 Å². The molecule has 0 bridgehead atoms. The molecule has 1 aromatic carbocycles. The third-order valence-electron chi connectivity index (χ3n) is 4.65. The Kier molecular flexibility index (Phi) is 7.32. The van der Waals surface area contributed by atoms with E-state index in [1.807, 2.05) is 50.4 Å². The van der Waals surface area contributed by atoms with E-state index in [9.17, 15) is 9.90 Å². The first-order chi connectivity index (χ1) is 13.8. The Balaban J connectivity index is 1.90. The van der Waals surface area contributed by atoms with Crippen LogP contribution in [0, 0.1) is 0 Å². The molecule has 1 fully saturated rings. The van der Waals surface area contributed by atoms with Gasteiger partial charge in [-0.25, -0.2) is 14.7 Å². The number of benzene rings is 1. The number of carbonyl (C=O) groups is 1. The fraction of sp³-hybridized carbons (Fsp3) is 0.524. The second-order valence-electron chi connectivity index (χ2n) is 8.10. The summed E-state index contributed by atoms with van der Waals surface area (Å²) >= 11 is 4.87. The molecular weight excluding hydrogens is 456 g/mol. The van der Waals surface area contributed by atoms with Gasteiger partial charge in [-0.3, -0.25) is 0 Å². The Labute approximate surface area is 184 Å². The SMILES string of the molecule is CC(C)(C)OC(=O)N(c1nccs1)[C@H]1C[C@@H](CCO)O[C@H](c2ccc(Br)cc2)C1. The molecule has 0 unspecified atom stereocenters. The van der Waals surface area contributed by atoms with E-state index < -0.39 is 11.7 Å². The first kappa shape index (κ1) is 22.2. The maximum absolute atomic E-state index is 13.1. The van der Waals surface area contributed by atoms with Crippen LogP contribution in [-0.2, 0) is 9.47 Å². The minimum Gasteiger partial charge on any atom is -0.443 e. The molecule has 3 rings (SSSR count). The average Bonchev–Trinajstić information content (AvgIpc) is 3.15. The molecule has 1 aliphatic rings. The molecule has 2 aromatic rings. The maximum Gasteiger partial charge on any atom is 0.416 e. The zero-order chi connectivity index (χ0) is 21.0. The smallest absolute Gasteiger partial charge is 0.416 e. The Hall–Kier alpha value is -1.48. The average molecular weight is 483 g/mol. The quantitative estimate of drug-likeness (QED) is 0.624. The summed E-state index contributed by atoms with van der Waals surface area (Å²) in [4.78, 5) is 19.1. The lowest BCUT2D eigenvalue weighted by atomic mass is 9.92. The van der Waals surface area contributed by atoms with Gasteiger partial charge < -0.3 is 14.6 Å². The van der Waals surface area contributed by atoms with Crippen molar-refractivity contribution in [2.75, 3.05) is 11.5 Å². The van der Waals surface area contributed by atoms with Crippen LogP contribution in [0.1, 0.15) is 51.7 Å². The Morgan fingerprint density at radius 1 is 1.34 bits per heavy atom. The highest BCUT2D eigenvalue weighted by molar-refractivity contribution is 9.10. The van der Waals surface area contributed by atoms with Gasteiger partial charge in [-0.15, -0.1) is 11.3 Å². The van der Waals surface area contributed by atoms with E-state index in [4.69, 9.17) is 9.47 Å². The van der Waals surface area contributed by atoms with E-state index in [0.29, 0.717) is 24.4 Å². The van der Waals surface area contributed by atoms with Crippen molar-refractivity contribution in [3.63, 3.8) is 0 Å². The lowest BCUT2D eigenvalue weighted by Crippen LogP contribution is -2.48. The van der Waals surface area contributed by atoms with Crippen molar-refractivity contribution in [1.82, 2.24) is 4.98 Å². The van der Waals surface area contributed by atoms with Crippen LogP contribution in [0.4, 0.5) is 9.93 Å². The molecule has 0 radical (unpaired) electrons. The highest BCUT2D eigenvalue weighted by atomic mass is 79.9. The van der Waals surface area contributed by atoms with Gasteiger partial charge in [0, 0.05) is 28.7 Å². The van der Waals surface area contributed by atoms with Crippen molar-refractivity contribution in [2.24, 2.45) is 0 Å². The van der Waals surface area contributed by atoms with Crippen LogP contribution >= 0.6 is 27.3 Å². The van der Waals surface area contributed by atoms with Crippen molar-refractivity contribution in [1.29, 1.82) is 0 Å². The van der Waals surface area contributed by atoms with Gasteiger partial charge in [-0.1, -0.05) is 28.1 Å². The molecule has 1 N–H and O–H groups in total. The number of hydrogen-bond acceptors (Lipinski definition) is 6. The monoisotopic (exact) mass is 482 g/mol. The predicted molar refractivity (Wildman–Crippen MR) is 117 cm³/mol. The molecule has 2 heterocycles. The number of carbonyl (C=O) groups excluding carboxylic acids is 1. The molecule has 3 atom stereocenters. The van der Waals surface area contributed by atoms with E-state index in [-0.39, 0.29) is 24.9 Å². The number of amides is 1. The summed E-state index contributed by atoms with van der Waals surface area (Å²) in [7, 11) is 0. The summed E-state index contributed by atoms with van der Waals surface area (Å²) in [5.74, 6) is 0. The fourth-order valence-corrected chi connectivity index (χ4v) is 4.42. The molecule has 0 spiro atoms. The van der Waals surface area contributed by atoms with Gasteiger partial charge in [0.2, 0.25) is 0 Å². The molecule has 6 nitrogen and oxygen atoms in total. The summed E-state index contributed by atoms with van der Waals surface area (Å²) in [6, 6.07) is 7.86. The molecule has 1 aromatic heterocycles. The van der Waals surface area contributed by atoms with E-state index in [1.165, 1.54) is 11.3 Å². The lowest BCUT2D eigenvalue weighted by Gasteiger charge is -2.40. The number of aliphatic hydroxyl groups is 1. The number of aromatic nitrogens is 1. The van der Waals surface area contributed by atoms with Crippen LogP contribution in [0.25, 0.3) is 0 Å². The van der Waals surface area contributed by atoms with Crippen LogP contribution in [0.3, 0.4) is 0 Å². The number of hydrogen-bond donors (Lipinski definition) is 1. The van der Waals surface area contributed by atoms with Crippen LogP contribution in [0.15, 0.2) is 40.3 Å². The second kappa shape index (κ2) is 9.55. The first-order valence-corrected chi connectivity index (χ1v) is 11.4. The number of halogens is 1. The largest absolute Gasteiger partial charge is 0.443 e. The zero-order valence-electron chi connectivity index (χ0n) is 16.9. The number of ether oxygens (including phenoxy) is 2. The highest BCUT2D eigenvalue weighted by Crippen LogP contribution is 2.38. The Morgan fingerprint density at radius 2 is 2.07 bits per heavy atom. The molecule has 29 heavy (non-hydrogen) atoms. The topological polar surface area (TPSA) is 71.9 Å². The van der Waals surface area contributed by atoms with Crippen LogP contribution in [-0.4, -0.2) is 40.5 Å². The molecule has 1 amide bonds. The number of nitrogens with zero attached hydrogens (tertiary/aromatic N) is 2. The van der Waals surface area contributed by atoms with Crippen molar-refractivity contribution < 1.29 is 19.4 Å². The summed E-state index contributed by atoms with van der Waals surface area (Å²) in [6.45, 7) is 5.60.